The molecule has 0 saturated heterocycles. The number of hydrogen-bond donors (Lipinski definition) is 0. The molecule has 2 atom stereocenters. The van der Waals surface area contributed by atoms with Crippen LogP contribution in [-0.4, -0.2) is 41.1 Å². The molecule has 0 rings (SSSR count). The zero-order chi connectivity index (χ0) is 18.4. The Morgan fingerprint density at radius 3 is 2.13 bits per heavy atom. The molecule has 4 nitrogen and oxygen atoms in total. The van der Waals surface area contributed by atoms with Crippen LogP contribution in [0.1, 0.15) is 34.6 Å². The SMILES string of the molecule is C=CCN(C(=O)C(F)(F)F)[C@H](C(=O)OC(C)(C)C)[C@@H](C)/C=C/C. The lowest BCUT2D eigenvalue weighted by Gasteiger charge is -2.34. The quantitative estimate of drug-likeness (QED) is 0.551. The fraction of sp³-hybridized carbons (Fsp3) is 0.625. The molecule has 23 heavy (non-hydrogen) atoms. The second-order valence-corrected chi connectivity index (χ2v) is 6.11. The Bertz CT molecular complexity index is 464. The highest BCUT2D eigenvalue weighted by molar-refractivity contribution is 5.88. The van der Waals surface area contributed by atoms with Crippen LogP contribution in [0.15, 0.2) is 24.8 Å². The minimum absolute atomic E-state index is 0.413. The maximum atomic E-state index is 12.8. The zero-order valence-corrected chi connectivity index (χ0v) is 14.1. The Balaban J connectivity index is 5.80. The van der Waals surface area contributed by atoms with Gasteiger partial charge < -0.3 is 9.64 Å². The second kappa shape index (κ2) is 8.17. The molecule has 0 heterocycles. The van der Waals surface area contributed by atoms with Gasteiger partial charge in [-0.2, -0.15) is 13.2 Å². The predicted octanol–water partition coefficient (Wildman–Crippen LogP) is 3.49. The van der Waals surface area contributed by atoms with Crippen LogP contribution < -0.4 is 0 Å². The molecule has 0 saturated carbocycles. The number of halogens is 3. The summed E-state index contributed by atoms with van der Waals surface area (Å²) in [5.41, 5.74) is -0.883. The van der Waals surface area contributed by atoms with Crippen molar-refractivity contribution in [1.29, 1.82) is 0 Å². The summed E-state index contributed by atoms with van der Waals surface area (Å²) in [5, 5.41) is 0. The number of allylic oxidation sites excluding steroid dienone is 1. The van der Waals surface area contributed by atoms with Crippen LogP contribution in [0.4, 0.5) is 13.2 Å². The van der Waals surface area contributed by atoms with E-state index in [-0.39, 0.29) is 0 Å². The van der Waals surface area contributed by atoms with Gasteiger partial charge in [-0.3, -0.25) is 4.79 Å². The summed E-state index contributed by atoms with van der Waals surface area (Å²) in [4.78, 5) is 24.5. The highest BCUT2D eigenvalue weighted by Crippen LogP contribution is 2.25. The van der Waals surface area contributed by atoms with Crippen molar-refractivity contribution in [3.8, 4) is 0 Å². The van der Waals surface area contributed by atoms with Crippen LogP contribution in [-0.2, 0) is 14.3 Å². The lowest BCUT2D eigenvalue weighted by atomic mass is 9.98. The van der Waals surface area contributed by atoms with Crippen LogP contribution >= 0.6 is 0 Å². The number of nitrogens with zero attached hydrogens (tertiary/aromatic N) is 1. The number of carbonyl (C=O) groups is 2. The molecule has 132 valence electrons. The molecule has 0 aromatic rings. The van der Waals surface area contributed by atoms with Crippen molar-refractivity contribution in [2.45, 2.75) is 52.4 Å². The first kappa shape index (κ1) is 21.2. The van der Waals surface area contributed by atoms with E-state index < -0.39 is 42.2 Å². The van der Waals surface area contributed by atoms with Crippen molar-refractivity contribution in [3.05, 3.63) is 24.8 Å². The fourth-order valence-electron chi connectivity index (χ4n) is 2.02. The molecule has 0 unspecified atom stereocenters. The third-order valence-corrected chi connectivity index (χ3v) is 2.81. The van der Waals surface area contributed by atoms with Crippen molar-refractivity contribution in [3.63, 3.8) is 0 Å². The average Bonchev–Trinajstić information content (AvgIpc) is 2.34. The number of alkyl halides is 3. The van der Waals surface area contributed by atoms with Crippen molar-refractivity contribution in [2.24, 2.45) is 5.92 Å². The number of hydrogen-bond acceptors (Lipinski definition) is 3. The van der Waals surface area contributed by atoms with E-state index in [0.717, 1.165) is 6.08 Å². The summed E-state index contributed by atoms with van der Waals surface area (Å²) < 4.78 is 43.7. The molecule has 0 spiro atoms. The largest absolute Gasteiger partial charge is 0.471 e. The molecule has 0 aliphatic heterocycles. The highest BCUT2D eigenvalue weighted by atomic mass is 19.4. The topological polar surface area (TPSA) is 46.6 Å². The van der Waals surface area contributed by atoms with Crippen LogP contribution in [0.5, 0.6) is 0 Å². The van der Waals surface area contributed by atoms with E-state index in [2.05, 4.69) is 6.58 Å². The lowest BCUT2D eigenvalue weighted by molar-refractivity contribution is -0.192. The third kappa shape index (κ3) is 6.88. The number of esters is 1. The molecule has 7 heteroatoms. The minimum Gasteiger partial charge on any atom is -0.458 e. The average molecular weight is 335 g/mol. The Labute approximate surface area is 135 Å². The number of amides is 1. The predicted molar refractivity (Wildman–Crippen MR) is 81.6 cm³/mol. The molecule has 0 fully saturated rings. The van der Waals surface area contributed by atoms with Gasteiger partial charge in [0.05, 0.1) is 0 Å². The molecule has 0 N–H and O–H groups in total. The van der Waals surface area contributed by atoms with E-state index in [0.29, 0.717) is 4.90 Å². The number of rotatable bonds is 6. The van der Waals surface area contributed by atoms with E-state index in [4.69, 9.17) is 4.74 Å². The highest BCUT2D eigenvalue weighted by Gasteiger charge is 2.47. The second-order valence-electron chi connectivity index (χ2n) is 6.11. The molecule has 0 bridgehead atoms. The first-order chi connectivity index (χ1) is 10.3. The van der Waals surface area contributed by atoms with Crippen molar-refractivity contribution >= 4 is 11.9 Å². The molecule has 0 aromatic carbocycles. The molecular weight excluding hydrogens is 311 g/mol. The lowest BCUT2D eigenvalue weighted by Crippen LogP contribution is -2.54. The first-order valence-electron chi connectivity index (χ1n) is 7.19. The normalized spacial score (nSPS) is 15.1. The summed E-state index contributed by atoms with van der Waals surface area (Å²) in [7, 11) is 0. The van der Waals surface area contributed by atoms with Gasteiger partial charge in [0.1, 0.15) is 11.6 Å². The third-order valence-electron chi connectivity index (χ3n) is 2.81. The fourth-order valence-corrected chi connectivity index (χ4v) is 2.02. The standard InChI is InChI=1S/C16H24F3NO3/c1-7-9-11(3)12(13(21)23-15(4,5)6)20(10-8-2)14(22)16(17,18)19/h7-9,11-12H,2,10H2,1,3-6H3/b9-7+/t11-,12-/m0/s1. The van der Waals surface area contributed by atoms with Crippen LogP contribution in [0, 0.1) is 5.92 Å². The van der Waals surface area contributed by atoms with Gasteiger partial charge in [-0.15, -0.1) is 6.58 Å². The summed E-state index contributed by atoms with van der Waals surface area (Å²) >= 11 is 0. The maximum Gasteiger partial charge on any atom is 0.471 e. The van der Waals surface area contributed by atoms with Gasteiger partial charge >= 0.3 is 18.1 Å². The summed E-state index contributed by atoms with van der Waals surface area (Å²) in [6, 6.07) is -1.39. The Morgan fingerprint density at radius 1 is 1.26 bits per heavy atom. The zero-order valence-electron chi connectivity index (χ0n) is 14.1. The first-order valence-corrected chi connectivity index (χ1v) is 7.19. The van der Waals surface area contributed by atoms with E-state index in [9.17, 15) is 22.8 Å². The van der Waals surface area contributed by atoms with Crippen molar-refractivity contribution in [1.82, 2.24) is 4.90 Å². The monoisotopic (exact) mass is 335 g/mol. The van der Waals surface area contributed by atoms with Crippen LogP contribution in [0.25, 0.3) is 0 Å². The maximum absolute atomic E-state index is 12.8. The summed E-state index contributed by atoms with van der Waals surface area (Å²) in [6.07, 6.45) is -0.789. The minimum atomic E-state index is -5.08. The van der Waals surface area contributed by atoms with Crippen LogP contribution in [0.2, 0.25) is 0 Å². The van der Waals surface area contributed by atoms with Crippen molar-refractivity contribution < 1.29 is 27.5 Å². The molecule has 0 aromatic heterocycles. The van der Waals surface area contributed by atoms with Crippen molar-refractivity contribution in [2.75, 3.05) is 6.54 Å². The molecule has 0 radical (unpaired) electrons. The van der Waals surface area contributed by atoms with E-state index in [1.165, 1.54) is 0 Å². The van der Waals surface area contributed by atoms with E-state index >= 15 is 0 Å². The van der Waals surface area contributed by atoms with E-state index in [1.807, 2.05) is 0 Å². The van der Waals surface area contributed by atoms with Gasteiger partial charge in [-0.05, 0) is 27.7 Å². The Morgan fingerprint density at radius 2 is 1.78 bits per heavy atom. The molecule has 1 amide bonds. The molecule has 0 aliphatic carbocycles. The number of ether oxygens (including phenoxy) is 1. The Hall–Kier alpha value is -1.79. The number of carbonyl (C=O) groups excluding carboxylic acids is 2. The Kier molecular flexibility index (Phi) is 7.54. The van der Waals surface area contributed by atoms with Gasteiger partial charge in [0.2, 0.25) is 0 Å². The smallest absolute Gasteiger partial charge is 0.458 e. The van der Waals surface area contributed by atoms with Crippen LogP contribution in [0.3, 0.4) is 0 Å². The van der Waals surface area contributed by atoms with Gasteiger partial charge in [0, 0.05) is 12.5 Å². The van der Waals surface area contributed by atoms with Gasteiger partial charge in [-0.25, -0.2) is 4.79 Å². The molecular formula is C16H24F3NO3. The summed E-state index contributed by atoms with van der Waals surface area (Å²) in [6.45, 7) is 11.0. The van der Waals surface area contributed by atoms with Gasteiger partial charge in [0.25, 0.3) is 0 Å². The van der Waals surface area contributed by atoms with Gasteiger partial charge in [-0.1, -0.05) is 25.2 Å². The summed E-state index contributed by atoms with van der Waals surface area (Å²) in [5.74, 6) is -3.63. The molecule has 0 aliphatic rings. The van der Waals surface area contributed by atoms with Gasteiger partial charge in [0.15, 0.2) is 0 Å². The van der Waals surface area contributed by atoms with E-state index in [1.54, 1.807) is 46.8 Å².